The number of hydrogen-bond acceptors (Lipinski definition) is 3. The molecule has 2 N–H and O–H groups in total. The Balaban J connectivity index is 2.63. The third kappa shape index (κ3) is 2.82. The SMILES string of the molecule is CC(C)Cn1ccc(C(C)ON)n1. The second-order valence-electron chi connectivity index (χ2n) is 3.63. The molecule has 0 bridgehead atoms. The van der Waals surface area contributed by atoms with Gasteiger partial charge in [0.2, 0.25) is 0 Å². The second kappa shape index (κ2) is 4.39. The Bertz CT molecular complexity index is 257. The maximum absolute atomic E-state index is 5.07. The lowest BCUT2D eigenvalue weighted by molar-refractivity contribution is 0.0628. The van der Waals surface area contributed by atoms with Gasteiger partial charge >= 0.3 is 0 Å². The van der Waals surface area contributed by atoms with Crippen LogP contribution < -0.4 is 5.90 Å². The molecule has 0 aliphatic rings. The van der Waals surface area contributed by atoms with E-state index in [1.165, 1.54) is 0 Å². The highest BCUT2D eigenvalue weighted by molar-refractivity contribution is 5.01. The Hall–Kier alpha value is -0.870. The summed E-state index contributed by atoms with van der Waals surface area (Å²) in [4.78, 5) is 4.68. The van der Waals surface area contributed by atoms with E-state index < -0.39 is 0 Å². The van der Waals surface area contributed by atoms with Crippen LogP contribution in [0.1, 0.15) is 32.6 Å². The summed E-state index contributed by atoms with van der Waals surface area (Å²) in [7, 11) is 0. The van der Waals surface area contributed by atoms with E-state index in [9.17, 15) is 0 Å². The van der Waals surface area contributed by atoms with Crippen molar-refractivity contribution in [1.82, 2.24) is 9.78 Å². The van der Waals surface area contributed by atoms with Gasteiger partial charge in [-0.05, 0) is 18.9 Å². The van der Waals surface area contributed by atoms with Crippen molar-refractivity contribution in [2.24, 2.45) is 11.8 Å². The highest BCUT2D eigenvalue weighted by Crippen LogP contribution is 2.11. The highest BCUT2D eigenvalue weighted by atomic mass is 16.6. The van der Waals surface area contributed by atoms with Crippen molar-refractivity contribution in [3.8, 4) is 0 Å². The standard InChI is InChI=1S/C9H17N3O/c1-7(2)6-12-5-4-9(11-12)8(3)13-10/h4-5,7-8H,6,10H2,1-3H3. The predicted molar refractivity (Wildman–Crippen MR) is 50.8 cm³/mol. The van der Waals surface area contributed by atoms with E-state index in [1.54, 1.807) is 0 Å². The topological polar surface area (TPSA) is 53.1 Å². The molecule has 1 heterocycles. The Morgan fingerprint density at radius 3 is 2.77 bits per heavy atom. The van der Waals surface area contributed by atoms with Gasteiger partial charge in [-0.1, -0.05) is 13.8 Å². The zero-order chi connectivity index (χ0) is 9.84. The minimum atomic E-state index is -0.131. The van der Waals surface area contributed by atoms with Crippen molar-refractivity contribution in [1.29, 1.82) is 0 Å². The van der Waals surface area contributed by atoms with E-state index in [4.69, 9.17) is 5.90 Å². The van der Waals surface area contributed by atoms with Gasteiger partial charge in [0.1, 0.15) is 6.10 Å². The van der Waals surface area contributed by atoms with Crippen molar-refractivity contribution in [3.05, 3.63) is 18.0 Å². The molecule has 4 nitrogen and oxygen atoms in total. The Morgan fingerprint density at radius 2 is 2.23 bits per heavy atom. The number of nitrogens with two attached hydrogens (primary N) is 1. The number of hydrogen-bond donors (Lipinski definition) is 1. The van der Waals surface area contributed by atoms with Crippen LogP contribution in [-0.4, -0.2) is 9.78 Å². The maximum atomic E-state index is 5.07. The minimum absolute atomic E-state index is 0.131. The van der Waals surface area contributed by atoms with E-state index in [0.717, 1.165) is 12.2 Å². The average molecular weight is 183 g/mol. The monoisotopic (exact) mass is 183 g/mol. The van der Waals surface area contributed by atoms with Crippen LogP contribution >= 0.6 is 0 Å². The number of aromatic nitrogens is 2. The normalized spacial score (nSPS) is 13.6. The molecule has 0 aliphatic carbocycles. The molecule has 0 aromatic carbocycles. The van der Waals surface area contributed by atoms with Gasteiger partial charge in [-0.15, -0.1) is 0 Å². The van der Waals surface area contributed by atoms with Gasteiger partial charge < -0.3 is 0 Å². The molecular formula is C9H17N3O. The van der Waals surface area contributed by atoms with Crippen molar-refractivity contribution < 1.29 is 4.84 Å². The first-order valence-corrected chi connectivity index (χ1v) is 4.52. The molecule has 4 heteroatoms. The molecule has 1 unspecified atom stereocenters. The molecule has 0 saturated carbocycles. The molecule has 1 atom stereocenters. The smallest absolute Gasteiger partial charge is 0.120 e. The highest BCUT2D eigenvalue weighted by Gasteiger charge is 2.08. The quantitative estimate of drug-likeness (QED) is 0.719. The molecule has 74 valence electrons. The summed E-state index contributed by atoms with van der Waals surface area (Å²) in [6.45, 7) is 7.12. The largest absolute Gasteiger partial charge is 0.295 e. The average Bonchev–Trinajstić information content (AvgIpc) is 2.50. The van der Waals surface area contributed by atoms with Crippen LogP contribution in [0.25, 0.3) is 0 Å². The van der Waals surface area contributed by atoms with Gasteiger partial charge in [-0.25, -0.2) is 5.90 Å². The van der Waals surface area contributed by atoms with Gasteiger partial charge in [0.15, 0.2) is 0 Å². The molecule has 13 heavy (non-hydrogen) atoms. The summed E-state index contributed by atoms with van der Waals surface area (Å²) >= 11 is 0. The summed E-state index contributed by atoms with van der Waals surface area (Å²) in [5.74, 6) is 5.66. The summed E-state index contributed by atoms with van der Waals surface area (Å²) in [5.41, 5.74) is 0.878. The van der Waals surface area contributed by atoms with E-state index in [-0.39, 0.29) is 6.10 Å². The zero-order valence-corrected chi connectivity index (χ0v) is 8.40. The molecule has 1 aromatic rings. The Kier molecular flexibility index (Phi) is 3.45. The first-order chi connectivity index (χ1) is 6.13. The van der Waals surface area contributed by atoms with E-state index in [1.807, 2.05) is 23.9 Å². The van der Waals surface area contributed by atoms with Gasteiger partial charge in [-0.3, -0.25) is 9.52 Å². The lowest BCUT2D eigenvalue weighted by Crippen LogP contribution is -2.09. The molecule has 0 spiro atoms. The third-order valence-corrected chi connectivity index (χ3v) is 1.83. The lowest BCUT2D eigenvalue weighted by Gasteiger charge is -2.06. The molecule has 0 aliphatic heterocycles. The minimum Gasteiger partial charge on any atom is -0.295 e. The van der Waals surface area contributed by atoms with E-state index >= 15 is 0 Å². The van der Waals surface area contributed by atoms with Crippen LogP contribution in [0.4, 0.5) is 0 Å². The third-order valence-electron chi connectivity index (χ3n) is 1.83. The number of nitrogens with zero attached hydrogens (tertiary/aromatic N) is 2. The zero-order valence-electron chi connectivity index (χ0n) is 8.40. The van der Waals surface area contributed by atoms with Gasteiger partial charge in [0.25, 0.3) is 0 Å². The van der Waals surface area contributed by atoms with Crippen molar-refractivity contribution in [3.63, 3.8) is 0 Å². The van der Waals surface area contributed by atoms with E-state index in [0.29, 0.717) is 5.92 Å². The molecule has 0 saturated heterocycles. The van der Waals surface area contributed by atoms with Crippen LogP contribution in [0.2, 0.25) is 0 Å². The van der Waals surface area contributed by atoms with Crippen LogP contribution in [0, 0.1) is 5.92 Å². The van der Waals surface area contributed by atoms with Crippen LogP contribution in [0.15, 0.2) is 12.3 Å². The lowest BCUT2D eigenvalue weighted by atomic mass is 10.2. The fraction of sp³-hybridized carbons (Fsp3) is 0.667. The first-order valence-electron chi connectivity index (χ1n) is 4.52. The predicted octanol–water partition coefficient (Wildman–Crippen LogP) is 1.49. The summed E-state index contributed by atoms with van der Waals surface area (Å²) < 4.78 is 1.91. The fourth-order valence-corrected chi connectivity index (χ4v) is 1.14. The van der Waals surface area contributed by atoms with Crippen LogP contribution in [-0.2, 0) is 11.4 Å². The maximum Gasteiger partial charge on any atom is 0.120 e. The van der Waals surface area contributed by atoms with Crippen molar-refractivity contribution >= 4 is 0 Å². The van der Waals surface area contributed by atoms with Crippen molar-refractivity contribution in [2.45, 2.75) is 33.4 Å². The molecule has 0 fully saturated rings. The fourth-order valence-electron chi connectivity index (χ4n) is 1.14. The molecule has 0 amide bonds. The Labute approximate surface area is 78.6 Å². The van der Waals surface area contributed by atoms with Crippen LogP contribution in [0.5, 0.6) is 0 Å². The molecule has 1 aromatic heterocycles. The molecule has 0 radical (unpaired) electrons. The van der Waals surface area contributed by atoms with Gasteiger partial charge in [0, 0.05) is 12.7 Å². The van der Waals surface area contributed by atoms with Crippen molar-refractivity contribution in [2.75, 3.05) is 0 Å². The Morgan fingerprint density at radius 1 is 1.54 bits per heavy atom. The molecule has 1 rings (SSSR count). The second-order valence-corrected chi connectivity index (χ2v) is 3.63. The molecular weight excluding hydrogens is 166 g/mol. The summed E-state index contributed by atoms with van der Waals surface area (Å²) in [5, 5.41) is 4.33. The van der Waals surface area contributed by atoms with Gasteiger partial charge in [0.05, 0.1) is 5.69 Å². The van der Waals surface area contributed by atoms with E-state index in [2.05, 4.69) is 23.8 Å². The summed E-state index contributed by atoms with van der Waals surface area (Å²) in [6, 6.07) is 1.93. The van der Waals surface area contributed by atoms with Gasteiger partial charge in [-0.2, -0.15) is 5.10 Å². The summed E-state index contributed by atoms with van der Waals surface area (Å²) in [6.07, 6.45) is 1.82. The van der Waals surface area contributed by atoms with Crippen LogP contribution in [0.3, 0.4) is 0 Å². The first kappa shape index (κ1) is 10.2. The number of rotatable bonds is 4.